The van der Waals surface area contributed by atoms with Gasteiger partial charge in [0.05, 0.1) is 17.7 Å². The second kappa shape index (κ2) is 6.42. The second-order valence-electron chi connectivity index (χ2n) is 4.41. The van der Waals surface area contributed by atoms with Gasteiger partial charge < -0.3 is 10.5 Å². The van der Waals surface area contributed by atoms with E-state index < -0.39 is 10.0 Å². The molecule has 0 saturated carbocycles. The van der Waals surface area contributed by atoms with Crippen molar-refractivity contribution in [2.45, 2.75) is 18.2 Å². The smallest absolute Gasteiger partial charge is 0.263 e. The van der Waals surface area contributed by atoms with Gasteiger partial charge in [-0.1, -0.05) is 0 Å². The third-order valence-corrected chi connectivity index (χ3v) is 5.26. The number of thiazole rings is 1. The molecule has 1 aromatic heterocycles. The number of aryl methyl sites for hydroxylation is 1. The van der Waals surface area contributed by atoms with Crippen molar-refractivity contribution in [1.29, 1.82) is 0 Å². The van der Waals surface area contributed by atoms with Crippen LogP contribution in [0.15, 0.2) is 28.5 Å². The molecule has 0 unspecified atom stereocenters. The van der Waals surface area contributed by atoms with E-state index in [1.807, 2.05) is 6.92 Å². The molecule has 114 valence electrons. The average molecular weight is 327 g/mol. The van der Waals surface area contributed by atoms with Gasteiger partial charge >= 0.3 is 0 Å². The Morgan fingerprint density at radius 2 is 2.19 bits per heavy atom. The molecule has 0 saturated heterocycles. The van der Waals surface area contributed by atoms with E-state index >= 15 is 0 Å². The van der Waals surface area contributed by atoms with Gasteiger partial charge in [-0.05, 0) is 43.7 Å². The van der Waals surface area contributed by atoms with E-state index in [-0.39, 0.29) is 4.90 Å². The number of hydrogen-bond donors (Lipinski definition) is 2. The van der Waals surface area contributed by atoms with E-state index in [0.717, 1.165) is 5.69 Å². The van der Waals surface area contributed by atoms with Crippen LogP contribution in [0, 0.1) is 6.92 Å². The van der Waals surface area contributed by atoms with E-state index in [2.05, 4.69) is 9.71 Å². The number of nitrogens with one attached hydrogen (secondary N) is 1. The summed E-state index contributed by atoms with van der Waals surface area (Å²) in [6.07, 6.45) is 0.449. The number of hydrogen-bond acceptors (Lipinski definition) is 6. The lowest BCUT2D eigenvalue weighted by Gasteiger charge is -2.12. The van der Waals surface area contributed by atoms with Crippen molar-refractivity contribution in [3.63, 3.8) is 0 Å². The van der Waals surface area contributed by atoms with Crippen molar-refractivity contribution in [3.05, 3.63) is 34.8 Å². The molecule has 6 nitrogen and oxygen atoms in total. The SMILES string of the molecule is COc1ccc(S(=O)(=O)Nc2nc(C)cs2)c(CCN)c1. The molecule has 1 heterocycles. The van der Waals surface area contributed by atoms with Gasteiger partial charge in [-0.25, -0.2) is 13.4 Å². The molecular weight excluding hydrogens is 310 g/mol. The number of nitrogens with two attached hydrogens (primary N) is 1. The highest BCUT2D eigenvalue weighted by Crippen LogP contribution is 2.25. The van der Waals surface area contributed by atoms with Gasteiger partial charge in [0.1, 0.15) is 5.75 Å². The molecule has 2 rings (SSSR count). The van der Waals surface area contributed by atoms with Crippen LogP contribution in [0.25, 0.3) is 0 Å². The van der Waals surface area contributed by atoms with E-state index in [9.17, 15) is 8.42 Å². The van der Waals surface area contributed by atoms with E-state index in [0.29, 0.717) is 29.4 Å². The summed E-state index contributed by atoms with van der Waals surface area (Å²) in [6.45, 7) is 2.16. The van der Waals surface area contributed by atoms with Crippen molar-refractivity contribution < 1.29 is 13.2 Å². The Labute approximate surface area is 128 Å². The Bertz CT molecular complexity index is 726. The minimum atomic E-state index is -3.69. The zero-order chi connectivity index (χ0) is 15.5. The number of methoxy groups -OCH3 is 1. The summed E-state index contributed by atoms with van der Waals surface area (Å²) in [5.74, 6) is 0.600. The van der Waals surface area contributed by atoms with Gasteiger partial charge in [-0.2, -0.15) is 0 Å². The fourth-order valence-electron chi connectivity index (χ4n) is 1.87. The van der Waals surface area contributed by atoms with Gasteiger partial charge in [-0.3, -0.25) is 4.72 Å². The molecule has 0 fully saturated rings. The lowest BCUT2D eigenvalue weighted by Crippen LogP contribution is -2.16. The molecule has 0 bridgehead atoms. The highest BCUT2D eigenvalue weighted by molar-refractivity contribution is 7.93. The molecule has 8 heteroatoms. The maximum Gasteiger partial charge on any atom is 0.263 e. The Morgan fingerprint density at radius 3 is 2.76 bits per heavy atom. The molecular formula is C13H17N3O3S2. The first-order valence-corrected chi connectivity index (χ1v) is 8.64. The molecule has 2 aromatic rings. The largest absolute Gasteiger partial charge is 0.497 e. The van der Waals surface area contributed by atoms with Gasteiger partial charge in [0.2, 0.25) is 0 Å². The minimum absolute atomic E-state index is 0.196. The third-order valence-electron chi connectivity index (χ3n) is 2.81. The van der Waals surface area contributed by atoms with Crippen LogP contribution >= 0.6 is 11.3 Å². The predicted molar refractivity (Wildman–Crippen MR) is 83.4 cm³/mol. The topological polar surface area (TPSA) is 94.3 Å². The Morgan fingerprint density at radius 1 is 1.43 bits per heavy atom. The third kappa shape index (κ3) is 3.72. The van der Waals surface area contributed by atoms with Crippen molar-refractivity contribution in [3.8, 4) is 5.75 Å². The Hall–Kier alpha value is -1.64. The fourth-order valence-corrected chi connectivity index (χ4v) is 4.06. The Balaban J connectivity index is 2.38. The van der Waals surface area contributed by atoms with Crippen LogP contribution < -0.4 is 15.2 Å². The van der Waals surface area contributed by atoms with E-state index in [1.54, 1.807) is 17.5 Å². The van der Waals surface area contributed by atoms with E-state index in [4.69, 9.17) is 10.5 Å². The highest BCUT2D eigenvalue weighted by Gasteiger charge is 2.20. The van der Waals surface area contributed by atoms with Crippen LogP contribution in [0.4, 0.5) is 5.13 Å². The summed E-state index contributed by atoms with van der Waals surface area (Å²) in [4.78, 5) is 4.31. The number of anilines is 1. The molecule has 0 atom stereocenters. The average Bonchev–Trinajstić information content (AvgIpc) is 2.83. The summed E-state index contributed by atoms with van der Waals surface area (Å²) < 4.78 is 32.6. The number of nitrogens with zero attached hydrogens (tertiary/aromatic N) is 1. The van der Waals surface area contributed by atoms with E-state index in [1.165, 1.54) is 24.5 Å². The van der Waals surface area contributed by atoms with Gasteiger partial charge in [-0.15, -0.1) is 11.3 Å². The lowest BCUT2D eigenvalue weighted by molar-refractivity contribution is 0.414. The number of aromatic nitrogens is 1. The standard InChI is InChI=1S/C13H17N3O3S2/c1-9-8-20-13(15-9)16-21(17,18)12-4-3-11(19-2)7-10(12)5-6-14/h3-4,7-8H,5-6,14H2,1-2H3,(H,15,16). The van der Waals surface area contributed by atoms with Crippen molar-refractivity contribution >= 4 is 26.5 Å². The number of sulfonamides is 1. The quantitative estimate of drug-likeness (QED) is 0.843. The monoisotopic (exact) mass is 327 g/mol. The van der Waals surface area contributed by atoms with Crippen LogP contribution in [0.1, 0.15) is 11.3 Å². The fraction of sp³-hybridized carbons (Fsp3) is 0.308. The van der Waals surface area contributed by atoms with Crippen LogP contribution in [-0.4, -0.2) is 27.1 Å². The summed E-state index contributed by atoms with van der Waals surface area (Å²) >= 11 is 1.25. The van der Waals surface area contributed by atoms with Crippen LogP contribution in [0.2, 0.25) is 0 Å². The number of benzene rings is 1. The first-order chi connectivity index (χ1) is 9.96. The molecule has 0 amide bonds. The molecule has 3 N–H and O–H groups in total. The zero-order valence-electron chi connectivity index (χ0n) is 11.8. The maximum absolute atomic E-state index is 12.5. The van der Waals surface area contributed by atoms with Crippen molar-refractivity contribution in [2.75, 3.05) is 18.4 Å². The zero-order valence-corrected chi connectivity index (χ0v) is 13.4. The number of rotatable bonds is 6. The summed E-state index contributed by atoms with van der Waals surface area (Å²) in [5, 5.41) is 2.13. The first kappa shape index (κ1) is 15.7. The molecule has 0 aliphatic carbocycles. The molecule has 0 aliphatic rings. The molecule has 0 spiro atoms. The van der Waals surface area contributed by atoms with Gasteiger partial charge in [0, 0.05) is 5.38 Å². The predicted octanol–water partition coefficient (Wildman–Crippen LogP) is 1.76. The van der Waals surface area contributed by atoms with Crippen molar-refractivity contribution in [1.82, 2.24) is 4.98 Å². The summed E-state index contributed by atoms with van der Waals surface area (Å²) in [5.41, 5.74) is 6.95. The minimum Gasteiger partial charge on any atom is -0.497 e. The maximum atomic E-state index is 12.5. The highest BCUT2D eigenvalue weighted by atomic mass is 32.2. The second-order valence-corrected chi connectivity index (χ2v) is 6.92. The molecule has 0 radical (unpaired) electrons. The van der Waals surface area contributed by atoms with Gasteiger partial charge in [0.15, 0.2) is 5.13 Å². The normalized spacial score (nSPS) is 11.4. The van der Waals surface area contributed by atoms with Gasteiger partial charge in [0.25, 0.3) is 10.0 Å². The molecule has 0 aliphatic heterocycles. The van der Waals surface area contributed by atoms with Crippen molar-refractivity contribution in [2.24, 2.45) is 5.73 Å². The summed E-state index contributed by atoms with van der Waals surface area (Å²) in [7, 11) is -2.16. The number of ether oxygens (including phenoxy) is 1. The van der Waals surface area contributed by atoms with Crippen LogP contribution in [0.3, 0.4) is 0 Å². The first-order valence-electron chi connectivity index (χ1n) is 6.28. The molecule has 21 heavy (non-hydrogen) atoms. The molecule has 1 aromatic carbocycles. The van der Waals surface area contributed by atoms with Crippen LogP contribution in [0.5, 0.6) is 5.75 Å². The summed E-state index contributed by atoms with van der Waals surface area (Å²) in [6, 6.07) is 4.82. The lowest BCUT2D eigenvalue weighted by atomic mass is 10.1. The Kier molecular flexibility index (Phi) is 4.81. The van der Waals surface area contributed by atoms with Crippen LogP contribution in [-0.2, 0) is 16.4 Å².